The minimum absolute atomic E-state index is 0.0583. The van der Waals surface area contributed by atoms with Gasteiger partial charge in [-0.1, -0.05) is 38.1 Å². The van der Waals surface area contributed by atoms with Gasteiger partial charge in [-0.05, 0) is 92.1 Å². The first-order valence-corrected chi connectivity index (χ1v) is 10.8. The van der Waals surface area contributed by atoms with E-state index >= 15 is 0 Å². The molecule has 2 nitrogen and oxygen atoms in total. The largest absolute Gasteiger partial charge is 0.355 e. The molecular weight excluding hydrogens is 318 g/mol. The van der Waals surface area contributed by atoms with Crippen molar-refractivity contribution in [3.05, 3.63) is 35.4 Å². The Morgan fingerprint density at radius 3 is 2.04 bits per heavy atom. The van der Waals surface area contributed by atoms with Crippen LogP contribution in [0.2, 0.25) is 0 Å². The zero-order valence-electron chi connectivity index (χ0n) is 16.8. The summed E-state index contributed by atoms with van der Waals surface area (Å²) in [5, 5.41) is 3.35. The van der Waals surface area contributed by atoms with Gasteiger partial charge in [0.15, 0.2) is 0 Å². The van der Waals surface area contributed by atoms with E-state index in [-0.39, 0.29) is 11.8 Å². The summed E-state index contributed by atoms with van der Waals surface area (Å²) in [6.45, 7) is 7.44. The second-order valence-corrected chi connectivity index (χ2v) is 10.2. The van der Waals surface area contributed by atoms with Crippen LogP contribution in [0.25, 0.3) is 0 Å². The van der Waals surface area contributed by atoms with E-state index < -0.39 is 0 Å². The Bertz CT molecular complexity index is 609. The highest BCUT2D eigenvalue weighted by atomic mass is 16.1. The van der Waals surface area contributed by atoms with Gasteiger partial charge in [-0.15, -0.1) is 0 Å². The molecule has 2 heteroatoms. The molecule has 1 N–H and O–H groups in total. The van der Waals surface area contributed by atoms with E-state index in [0.717, 1.165) is 36.3 Å². The molecule has 4 bridgehead atoms. The van der Waals surface area contributed by atoms with Crippen LogP contribution in [0.5, 0.6) is 0 Å². The molecule has 1 unspecified atom stereocenters. The molecule has 0 radical (unpaired) electrons. The van der Waals surface area contributed by atoms with Crippen molar-refractivity contribution in [3.63, 3.8) is 0 Å². The summed E-state index contributed by atoms with van der Waals surface area (Å²) in [6, 6.07) is 8.68. The Labute approximate surface area is 159 Å². The van der Waals surface area contributed by atoms with E-state index in [1.807, 2.05) is 6.92 Å². The minimum atomic E-state index is -0.0583. The number of hydrogen-bond acceptors (Lipinski definition) is 1. The maximum Gasteiger partial charge on any atom is 0.227 e. The van der Waals surface area contributed by atoms with E-state index in [9.17, 15) is 4.79 Å². The second-order valence-electron chi connectivity index (χ2n) is 10.2. The molecule has 0 spiro atoms. The fourth-order valence-corrected chi connectivity index (χ4v) is 6.50. The van der Waals surface area contributed by atoms with Gasteiger partial charge >= 0.3 is 0 Å². The second kappa shape index (κ2) is 7.02. The highest BCUT2D eigenvalue weighted by Gasteiger charge is 2.50. The molecule has 1 atom stereocenters. The van der Waals surface area contributed by atoms with Gasteiger partial charge in [0.05, 0.1) is 5.92 Å². The molecule has 0 aliphatic heterocycles. The van der Waals surface area contributed by atoms with Gasteiger partial charge in [0.25, 0.3) is 0 Å². The Morgan fingerprint density at radius 1 is 1.00 bits per heavy atom. The number of nitrogens with one attached hydrogen (secondary N) is 1. The Morgan fingerprint density at radius 2 is 1.54 bits per heavy atom. The fourth-order valence-electron chi connectivity index (χ4n) is 6.50. The molecule has 0 aromatic heterocycles. The van der Waals surface area contributed by atoms with Crippen LogP contribution in [0.1, 0.15) is 76.3 Å². The van der Waals surface area contributed by atoms with E-state index in [0.29, 0.717) is 11.3 Å². The number of benzene rings is 1. The SMILES string of the molecule is CC(C)Cc1ccc(C(C)C(=O)NCC23CC4CC(CC(C4)C2)C3)cc1. The van der Waals surface area contributed by atoms with Gasteiger partial charge in [0.1, 0.15) is 0 Å². The zero-order chi connectivity index (χ0) is 18.3. The van der Waals surface area contributed by atoms with Gasteiger partial charge in [-0.2, -0.15) is 0 Å². The summed E-state index contributed by atoms with van der Waals surface area (Å²) in [4.78, 5) is 12.8. The average molecular weight is 354 g/mol. The zero-order valence-corrected chi connectivity index (χ0v) is 16.8. The van der Waals surface area contributed by atoms with Crippen LogP contribution in [0, 0.1) is 29.1 Å². The van der Waals surface area contributed by atoms with Crippen molar-refractivity contribution < 1.29 is 4.79 Å². The van der Waals surface area contributed by atoms with Crippen molar-refractivity contribution in [2.24, 2.45) is 29.1 Å². The van der Waals surface area contributed by atoms with Crippen LogP contribution >= 0.6 is 0 Å². The third-order valence-electron chi connectivity index (χ3n) is 7.32. The molecule has 4 saturated carbocycles. The molecule has 1 amide bonds. The third-order valence-corrected chi connectivity index (χ3v) is 7.32. The topological polar surface area (TPSA) is 29.1 Å². The van der Waals surface area contributed by atoms with Crippen LogP contribution < -0.4 is 5.32 Å². The number of carbonyl (C=O) groups excluding carboxylic acids is 1. The van der Waals surface area contributed by atoms with Crippen LogP contribution in [0.4, 0.5) is 0 Å². The lowest BCUT2D eigenvalue weighted by molar-refractivity contribution is -0.124. The molecule has 5 rings (SSSR count). The van der Waals surface area contributed by atoms with Crippen molar-refractivity contribution >= 4 is 5.91 Å². The van der Waals surface area contributed by atoms with Crippen LogP contribution in [-0.2, 0) is 11.2 Å². The smallest absolute Gasteiger partial charge is 0.227 e. The quantitative estimate of drug-likeness (QED) is 0.736. The maximum atomic E-state index is 12.8. The molecule has 1 aromatic carbocycles. The van der Waals surface area contributed by atoms with Crippen molar-refractivity contribution in [3.8, 4) is 0 Å². The molecular formula is C24H35NO. The minimum Gasteiger partial charge on any atom is -0.355 e. The standard InChI is InChI=1S/C24H35NO/c1-16(2)8-18-4-6-22(7-5-18)17(3)23(26)25-15-24-12-19-9-20(13-24)11-21(10-19)14-24/h4-7,16-17,19-21H,8-15H2,1-3H3,(H,25,26). The lowest BCUT2D eigenvalue weighted by atomic mass is 9.49. The van der Waals surface area contributed by atoms with Crippen molar-refractivity contribution in [2.45, 2.75) is 71.6 Å². The highest BCUT2D eigenvalue weighted by Crippen LogP contribution is 2.59. The summed E-state index contributed by atoms with van der Waals surface area (Å²) in [5.41, 5.74) is 2.93. The highest BCUT2D eigenvalue weighted by molar-refractivity contribution is 5.83. The molecule has 4 aliphatic carbocycles. The molecule has 26 heavy (non-hydrogen) atoms. The number of amides is 1. The third kappa shape index (κ3) is 3.70. The first-order valence-electron chi connectivity index (χ1n) is 10.8. The van der Waals surface area contributed by atoms with Gasteiger partial charge in [-0.3, -0.25) is 4.79 Å². The summed E-state index contributed by atoms with van der Waals surface area (Å²) in [5.74, 6) is 3.66. The molecule has 0 heterocycles. The maximum absolute atomic E-state index is 12.8. The first-order chi connectivity index (χ1) is 12.4. The van der Waals surface area contributed by atoms with Crippen LogP contribution in [0.15, 0.2) is 24.3 Å². The van der Waals surface area contributed by atoms with E-state index in [2.05, 4.69) is 43.4 Å². The molecule has 4 fully saturated rings. The Hall–Kier alpha value is -1.31. The van der Waals surface area contributed by atoms with Crippen LogP contribution in [0.3, 0.4) is 0 Å². The molecule has 4 aliphatic rings. The molecule has 142 valence electrons. The average Bonchev–Trinajstić information content (AvgIpc) is 2.58. The number of hydrogen-bond donors (Lipinski definition) is 1. The molecule has 0 saturated heterocycles. The summed E-state index contributed by atoms with van der Waals surface area (Å²) in [6.07, 6.45) is 9.57. The van der Waals surface area contributed by atoms with Crippen molar-refractivity contribution in [1.29, 1.82) is 0 Å². The van der Waals surface area contributed by atoms with E-state index in [4.69, 9.17) is 0 Å². The van der Waals surface area contributed by atoms with Gasteiger partial charge in [-0.25, -0.2) is 0 Å². The summed E-state index contributed by atoms with van der Waals surface area (Å²) >= 11 is 0. The van der Waals surface area contributed by atoms with Gasteiger partial charge in [0.2, 0.25) is 5.91 Å². The monoisotopic (exact) mass is 353 g/mol. The first kappa shape index (κ1) is 18.1. The number of rotatable bonds is 6. The summed E-state index contributed by atoms with van der Waals surface area (Å²) < 4.78 is 0. The van der Waals surface area contributed by atoms with Crippen LogP contribution in [-0.4, -0.2) is 12.5 Å². The lowest BCUT2D eigenvalue weighted by Gasteiger charge is -2.57. The predicted octanol–water partition coefficient (Wildman–Crippen LogP) is 5.32. The molecule has 1 aromatic rings. The van der Waals surface area contributed by atoms with Crippen molar-refractivity contribution in [1.82, 2.24) is 5.32 Å². The number of carbonyl (C=O) groups is 1. The Kier molecular flexibility index (Phi) is 4.88. The van der Waals surface area contributed by atoms with Crippen molar-refractivity contribution in [2.75, 3.05) is 6.54 Å². The predicted molar refractivity (Wildman–Crippen MR) is 107 cm³/mol. The lowest BCUT2D eigenvalue weighted by Crippen LogP contribution is -2.51. The normalized spacial score (nSPS) is 33.5. The van der Waals surface area contributed by atoms with E-state index in [1.54, 1.807) is 0 Å². The fraction of sp³-hybridized carbons (Fsp3) is 0.708. The summed E-state index contributed by atoms with van der Waals surface area (Å²) in [7, 11) is 0. The van der Waals surface area contributed by atoms with Gasteiger partial charge < -0.3 is 5.32 Å². The Balaban J connectivity index is 1.34. The van der Waals surface area contributed by atoms with Gasteiger partial charge in [0, 0.05) is 6.54 Å². The van der Waals surface area contributed by atoms with E-state index in [1.165, 1.54) is 44.1 Å².